The summed E-state index contributed by atoms with van der Waals surface area (Å²) in [6.45, 7) is 3.87. The molecule has 0 aliphatic rings. The number of halogens is 1. The standard InChI is InChI=1S/C15H13FO/c1-10-5-3-4-6-13(10)14-8-15(16)12(9-17)7-11(14)2/h3-9H,1-2H3. The number of aryl methyl sites for hydroxylation is 2. The molecule has 2 rings (SSSR count). The number of aldehydes is 1. The van der Waals surface area contributed by atoms with Gasteiger partial charge in [0.15, 0.2) is 6.29 Å². The van der Waals surface area contributed by atoms with Crippen molar-refractivity contribution in [1.29, 1.82) is 0 Å². The van der Waals surface area contributed by atoms with Gasteiger partial charge < -0.3 is 0 Å². The van der Waals surface area contributed by atoms with Crippen LogP contribution in [0.5, 0.6) is 0 Å². The lowest BCUT2D eigenvalue weighted by molar-refractivity contribution is 0.112. The SMILES string of the molecule is Cc1ccccc1-c1cc(F)c(C=O)cc1C. The fourth-order valence-electron chi connectivity index (χ4n) is 1.96. The van der Waals surface area contributed by atoms with Crippen molar-refractivity contribution in [2.24, 2.45) is 0 Å². The molecule has 0 unspecified atom stereocenters. The number of carbonyl (C=O) groups excluding carboxylic acids is 1. The topological polar surface area (TPSA) is 17.1 Å². The van der Waals surface area contributed by atoms with Crippen LogP contribution in [0.25, 0.3) is 11.1 Å². The number of rotatable bonds is 2. The predicted molar refractivity (Wildman–Crippen MR) is 66.7 cm³/mol. The second-order valence-corrected chi connectivity index (χ2v) is 4.12. The summed E-state index contributed by atoms with van der Waals surface area (Å²) in [5.74, 6) is -0.469. The van der Waals surface area contributed by atoms with Gasteiger partial charge in [-0.1, -0.05) is 24.3 Å². The fraction of sp³-hybridized carbons (Fsp3) is 0.133. The van der Waals surface area contributed by atoms with Crippen molar-refractivity contribution in [2.45, 2.75) is 13.8 Å². The van der Waals surface area contributed by atoms with Gasteiger partial charge in [0.05, 0.1) is 5.56 Å². The normalized spacial score (nSPS) is 10.3. The third-order valence-electron chi connectivity index (χ3n) is 2.91. The Morgan fingerprint density at radius 1 is 1.00 bits per heavy atom. The Hall–Kier alpha value is -1.96. The van der Waals surface area contributed by atoms with E-state index in [-0.39, 0.29) is 5.56 Å². The van der Waals surface area contributed by atoms with Crippen molar-refractivity contribution in [1.82, 2.24) is 0 Å². The van der Waals surface area contributed by atoms with Gasteiger partial charge in [-0.05, 0) is 48.2 Å². The average molecular weight is 228 g/mol. The van der Waals surface area contributed by atoms with E-state index in [0.717, 1.165) is 22.3 Å². The first-order chi connectivity index (χ1) is 8.13. The van der Waals surface area contributed by atoms with E-state index in [4.69, 9.17) is 0 Å². The summed E-state index contributed by atoms with van der Waals surface area (Å²) in [4.78, 5) is 10.7. The Morgan fingerprint density at radius 2 is 1.71 bits per heavy atom. The summed E-state index contributed by atoms with van der Waals surface area (Å²) in [5, 5.41) is 0. The van der Waals surface area contributed by atoms with Crippen LogP contribution in [-0.4, -0.2) is 6.29 Å². The summed E-state index contributed by atoms with van der Waals surface area (Å²) in [6.07, 6.45) is 0.546. The second-order valence-electron chi connectivity index (χ2n) is 4.12. The van der Waals surface area contributed by atoms with Gasteiger partial charge in [0.1, 0.15) is 5.82 Å². The Bertz CT molecular complexity index is 573. The molecule has 0 aromatic heterocycles. The molecule has 0 saturated heterocycles. The van der Waals surface area contributed by atoms with Gasteiger partial charge in [0, 0.05) is 0 Å². The predicted octanol–water partition coefficient (Wildman–Crippen LogP) is 3.92. The average Bonchev–Trinajstić information content (AvgIpc) is 2.32. The maximum absolute atomic E-state index is 13.6. The van der Waals surface area contributed by atoms with E-state index < -0.39 is 5.82 Å². The van der Waals surface area contributed by atoms with E-state index in [1.54, 1.807) is 6.07 Å². The monoisotopic (exact) mass is 228 g/mol. The first kappa shape index (κ1) is 11.5. The van der Waals surface area contributed by atoms with Crippen LogP contribution in [0.2, 0.25) is 0 Å². The highest BCUT2D eigenvalue weighted by atomic mass is 19.1. The van der Waals surface area contributed by atoms with Crippen molar-refractivity contribution in [2.75, 3.05) is 0 Å². The van der Waals surface area contributed by atoms with Gasteiger partial charge in [0.25, 0.3) is 0 Å². The first-order valence-electron chi connectivity index (χ1n) is 5.45. The zero-order valence-electron chi connectivity index (χ0n) is 9.83. The van der Waals surface area contributed by atoms with Gasteiger partial charge in [-0.15, -0.1) is 0 Å². The van der Waals surface area contributed by atoms with Gasteiger partial charge in [-0.2, -0.15) is 0 Å². The Morgan fingerprint density at radius 3 is 2.35 bits per heavy atom. The van der Waals surface area contributed by atoms with Crippen molar-refractivity contribution in [3.05, 3.63) is 58.9 Å². The molecular weight excluding hydrogens is 215 g/mol. The lowest BCUT2D eigenvalue weighted by Gasteiger charge is -2.10. The molecule has 2 heteroatoms. The van der Waals surface area contributed by atoms with Gasteiger partial charge in [-0.3, -0.25) is 4.79 Å². The number of benzene rings is 2. The van der Waals surface area contributed by atoms with Gasteiger partial charge >= 0.3 is 0 Å². The summed E-state index contributed by atoms with van der Waals surface area (Å²) in [7, 11) is 0. The van der Waals surface area contributed by atoms with Crippen LogP contribution in [0, 0.1) is 19.7 Å². The summed E-state index contributed by atoms with van der Waals surface area (Å²) in [5.41, 5.74) is 3.95. The molecule has 0 amide bonds. The Labute approximate surface area is 99.9 Å². The van der Waals surface area contributed by atoms with E-state index in [0.29, 0.717) is 6.29 Å². The van der Waals surface area contributed by atoms with Crippen LogP contribution in [0.15, 0.2) is 36.4 Å². The highest BCUT2D eigenvalue weighted by Gasteiger charge is 2.09. The molecule has 0 fully saturated rings. The molecule has 1 nitrogen and oxygen atoms in total. The van der Waals surface area contributed by atoms with E-state index in [1.807, 2.05) is 38.1 Å². The fourth-order valence-corrected chi connectivity index (χ4v) is 1.96. The Kier molecular flexibility index (Phi) is 3.05. The molecule has 0 bridgehead atoms. The Balaban J connectivity index is 2.65. The van der Waals surface area contributed by atoms with Gasteiger partial charge in [-0.25, -0.2) is 4.39 Å². The minimum Gasteiger partial charge on any atom is -0.298 e. The maximum Gasteiger partial charge on any atom is 0.153 e. The molecule has 86 valence electrons. The minimum absolute atomic E-state index is 0.111. The molecule has 0 spiro atoms. The first-order valence-corrected chi connectivity index (χ1v) is 5.45. The maximum atomic E-state index is 13.6. The van der Waals surface area contributed by atoms with E-state index in [2.05, 4.69) is 0 Å². The second kappa shape index (κ2) is 4.50. The van der Waals surface area contributed by atoms with Crippen LogP contribution in [0.1, 0.15) is 21.5 Å². The smallest absolute Gasteiger partial charge is 0.153 e. The molecule has 0 aliphatic carbocycles. The molecule has 0 atom stereocenters. The third kappa shape index (κ3) is 2.11. The quantitative estimate of drug-likeness (QED) is 0.712. The van der Waals surface area contributed by atoms with Crippen molar-refractivity contribution in [3.8, 4) is 11.1 Å². The van der Waals surface area contributed by atoms with Gasteiger partial charge in [0.2, 0.25) is 0 Å². The molecule has 2 aromatic rings. The third-order valence-corrected chi connectivity index (χ3v) is 2.91. The number of hydrogen-bond donors (Lipinski definition) is 0. The molecule has 0 radical (unpaired) electrons. The molecule has 0 N–H and O–H groups in total. The molecule has 0 saturated carbocycles. The minimum atomic E-state index is -0.469. The van der Waals surface area contributed by atoms with E-state index >= 15 is 0 Å². The van der Waals surface area contributed by atoms with Crippen LogP contribution in [0.4, 0.5) is 4.39 Å². The van der Waals surface area contributed by atoms with Crippen molar-refractivity contribution >= 4 is 6.29 Å². The highest BCUT2D eigenvalue weighted by Crippen LogP contribution is 2.28. The van der Waals surface area contributed by atoms with E-state index in [1.165, 1.54) is 6.07 Å². The highest BCUT2D eigenvalue weighted by molar-refractivity contribution is 5.79. The zero-order chi connectivity index (χ0) is 12.4. The summed E-state index contributed by atoms with van der Waals surface area (Å²) < 4.78 is 13.6. The van der Waals surface area contributed by atoms with Crippen LogP contribution in [-0.2, 0) is 0 Å². The van der Waals surface area contributed by atoms with E-state index in [9.17, 15) is 9.18 Å². The molecule has 17 heavy (non-hydrogen) atoms. The molecule has 0 aliphatic heterocycles. The lowest BCUT2D eigenvalue weighted by Crippen LogP contribution is -1.93. The number of carbonyl (C=O) groups is 1. The zero-order valence-corrected chi connectivity index (χ0v) is 9.83. The number of hydrogen-bond acceptors (Lipinski definition) is 1. The molecule has 2 aromatic carbocycles. The van der Waals surface area contributed by atoms with Crippen molar-refractivity contribution in [3.63, 3.8) is 0 Å². The van der Waals surface area contributed by atoms with Crippen LogP contribution in [0.3, 0.4) is 0 Å². The van der Waals surface area contributed by atoms with Crippen molar-refractivity contribution < 1.29 is 9.18 Å². The largest absolute Gasteiger partial charge is 0.298 e. The van der Waals surface area contributed by atoms with Crippen LogP contribution < -0.4 is 0 Å². The molecular formula is C15H13FO. The van der Waals surface area contributed by atoms with Crippen LogP contribution >= 0.6 is 0 Å². The summed E-state index contributed by atoms with van der Waals surface area (Å²) in [6, 6.07) is 10.8. The summed E-state index contributed by atoms with van der Waals surface area (Å²) >= 11 is 0. The molecule has 0 heterocycles. The lowest BCUT2D eigenvalue weighted by atomic mass is 9.95.